The molecule has 0 amide bonds. The Morgan fingerprint density at radius 3 is 2.52 bits per heavy atom. The zero-order chi connectivity index (χ0) is 15.6. The van der Waals surface area contributed by atoms with Crippen molar-refractivity contribution in [1.29, 1.82) is 0 Å². The summed E-state index contributed by atoms with van der Waals surface area (Å²) in [4.78, 5) is 0.108. The van der Waals surface area contributed by atoms with Crippen LogP contribution in [-0.2, 0) is 10.0 Å². The molecule has 112 valence electrons. The molecule has 0 saturated heterocycles. The highest BCUT2D eigenvalue weighted by atomic mass is 79.9. The van der Waals surface area contributed by atoms with Crippen LogP contribution in [0.1, 0.15) is 5.56 Å². The molecule has 0 aliphatic heterocycles. The molecule has 0 atom stereocenters. The fourth-order valence-corrected chi connectivity index (χ4v) is 4.00. The second kappa shape index (κ2) is 6.03. The summed E-state index contributed by atoms with van der Waals surface area (Å²) in [6.07, 6.45) is 0. The van der Waals surface area contributed by atoms with Gasteiger partial charge in [0, 0.05) is 10.5 Å². The molecule has 2 aromatic rings. The third kappa shape index (κ3) is 3.54. The third-order valence-corrected chi connectivity index (χ3v) is 5.14. The molecule has 2 rings (SSSR count). The Bertz CT molecular complexity index is 778. The molecule has 0 heterocycles. The minimum Gasteiger partial charge on any atom is -0.494 e. The average Bonchev–Trinajstić information content (AvgIpc) is 2.40. The van der Waals surface area contributed by atoms with Crippen molar-refractivity contribution in [2.45, 2.75) is 11.8 Å². The lowest BCUT2D eigenvalue weighted by Gasteiger charge is -2.11. The standard InChI is InChI=1S/C14H13BrFNO3S/c1-9-3-6-14(11(15)7-9)21(18,19)17-10-4-5-12(16)13(8-10)20-2/h3-8,17H,1-2H3. The predicted octanol–water partition coefficient (Wildman–Crippen LogP) is 3.71. The predicted molar refractivity (Wildman–Crippen MR) is 82.6 cm³/mol. The fraction of sp³-hybridized carbons (Fsp3) is 0.143. The van der Waals surface area contributed by atoms with Gasteiger partial charge in [0.15, 0.2) is 11.6 Å². The van der Waals surface area contributed by atoms with E-state index in [9.17, 15) is 12.8 Å². The zero-order valence-corrected chi connectivity index (χ0v) is 13.8. The van der Waals surface area contributed by atoms with Gasteiger partial charge in [-0.05, 0) is 52.7 Å². The zero-order valence-electron chi connectivity index (χ0n) is 11.4. The largest absolute Gasteiger partial charge is 0.494 e. The van der Waals surface area contributed by atoms with Gasteiger partial charge in [0.25, 0.3) is 10.0 Å². The van der Waals surface area contributed by atoms with Gasteiger partial charge in [-0.15, -0.1) is 0 Å². The number of anilines is 1. The minimum atomic E-state index is -3.77. The maximum Gasteiger partial charge on any atom is 0.263 e. The molecule has 0 unspecified atom stereocenters. The summed E-state index contributed by atoms with van der Waals surface area (Å²) >= 11 is 3.23. The van der Waals surface area contributed by atoms with Crippen molar-refractivity contribution in [3.63, 3.8) is 0 Å². The summed E-state index contributed by atoms with van der Waals surface area (Å²) in [5, 5.41) is 0. The lowest BCUT2D eigenvalue weighted by atomic mass is 10.2. The number of sulfonamides is 1. The molecular formula is C14H13BrFNO3S. The number of rotatable bonds is 4. The number of methoxy groups -OCH3 is 1. The van der Waals surface area contributed by atoms with Gasteiger partial charge in [0.1, 0.15) is 4.90 Å². The molecule has 0 aliphatic carbocycles. The van der Waals surface area contributed by atoms with Crippen LogP contribution in [0.4, 0.5) is 10.1 Å². The van der Waals surface area contributed by atoms with Crippen molar-refractivity contribution >= 4 is 31.6 Å². The van der Waals surface area contributed by atoms with E-state index in [4.69, 9.17) is 4.74 Å². The summed E-state index contributed by atoms with van der Waals surface area (Å²) in [6.45, 7) is 1.86. The van der Waals surface area contributed by atoms with E-state index in [0.29, 0.717) is 4.47 Å². The highest BCUT2D eigenvalue weighted by Crippen LogP contribution is 2.27. The van der Waals surface area contributed by atoms with Gasteiger partial charge in [-0.3, -0.25) is 4.72 Å². The summed E-state index contributed by atoms with van der Waals surface area (Å²) in [5.41, 5.74) is 1.16. The van der Waals surface area contributed by atoms with Crippen LogP contribution in [-0.4, -0.2) is 15.5 Å². The van der Waals surface area contributed by atoms with E-state index in [1.54, 1.807) is 12.1 Å². The molecule has 0 bridgehead atoms. The minimum absolute atomic E-state index is 0.0295. The van der Waals surface area contributed by atoms with Gasteiger partial charge in [-0.2, -0.15) is 0 Å². The lowest BCUT2D eigenvalue weighted by molar-refractivity contribution is 0.387. The normalized spacial score (nSPS) is 11.2. The second-order valence-electron chi connectivity index (χ2n) is 4.39. The first-order valence-corrected chi connectivity index (χ1v) is 8.23. The first-order valence-electron chi connectivity index (χ1n) is 5.96. The van der Waals surface area contributed by atoms with Crippen LogP contribution in [0.25, 0.3) is 0 Å². The first-order chi connectivity index (χ1) is 9.83. The first kappa shape index (κ1) is 15.8. The van der Waals surface area contributed by atoms with Gasteiger partial charge in [0.2, 0.25) is 0 Å². The summed E-state index contributed by atoms with van der Waals surface area (Å²) < 4.78 is 45.7. The number of ether oxygens (including phenoxy) is 1. The summed E-state index contributed by atoms with van der Waals surface area (Å²) in [7, 11) is -2.46. The molecule has 1 N–H and O–H groups in total. The Morgan fingerprint density at radius 2 is 1.90 bits per heavy atom. The third-order valence-electron chi connectivity index (χ3n) is 2.78. The van der Waals surface area contributed by atoms with Crippen LogP contribution in [0.5, 0.6) is 5.75 Å². The quantitative estimate of drug-likeness (QED) is 0.888. The molecule has 0 aromatic heterocycles. The van der Waals surface area contributed by atoms with Gasteiger partial charge in [0.05, 0.1) is 12.8 Å². The molecule has 0 aliphatic rings. The van der Waals surface area contributed by atoms with E-state index < -0.39 is 15.8 Å². The van der Waals surface area contributed by atoms with Gasteiger partial charge in [-0.1, -0.05) is 6.07 Å². The molecule has 0 radical (unpaired) electrons. The van der Waals surface area contributed by atoms with E-state index in [-0.39, 0.29) is 16.3 Å². The maximum absolute atomic E-state index is 13.3. The number of hydrogen-bond acceptors (Lipinski definition) is 3. The van der Waals surface area contributed by atoms with Crippen molar-refractivity contribution in [3.05, 3.63) is 52.3 Å². The van der Waals surface area contributed by atoms with Gasteiger partial charge in [-0.25, -0.2) is 12.8 Å². The topological polar surface area (TPSA) is 55.4 Å². The summed E-state index contributed by atoms with van der Waals surface area (Å²) in [6, 6.07) is 8.67. The van der Waals surface area contributed by atoms with Gasteiger partial charge < -0.3 is 4.74 Å². The number of benzene rings is 2. The van der Waals surface area contributed by atoms with E-state index in [0.717, 1.165) is 11.6 Å². The van der Waals surface area contributed by atoms with Crippen LogP contribution in [0.3, 0.4) is 0 Å². The van der Waals surface area contributed by atoms with E-state index in [2.05, 4.69) is 20.7 Å². The van der Waals surface area contributed by atoms with Crippen LogP contribution >= 0.6 is 15.9 Å². The Kier molecular flexibility index (Phi) is 4.53. The van der Waals surface area contributed by atoms with Crippen LogP contribution in [0.15, 0.2) is 45.8 Å². The lowest BCUT2D eigenvalue weighted by Crippen LogP contribution is -2.13. The molecule has 2 aromatic carbocycles. The second-order valence-corrected chi connectivity index (χ2v) is 6.89. The van der Waals surface area contributed by atoms with Crippen molar-refractivity contribution < 1.29 is 17.5 Å². The van der Waals surface area contributed by atoms with E-state index in [1.165, 1.54) is 25.3 Å². The molecule has 7 heteroatoms. The summed E-state index contributed by atoms with van der Waals surface area (Å²) in [5.74, 6) is -0.588. The van der Waals surface area contributed by atoms with Crippen LogP contribution in [0.2, 0.25) is 0 Å². The molecule has 21 heavy (non-hydrogen) atoms. The molecule has 0 saturated carbocycles. The van der Waals surface area contributed by atoms with Gasteiger partial charge >= 0.3 is 0 Å². The number of halogens is 2. The van der Waals surface area contributed by atoms with Crippen molar-refractivity contribution in [3.8, 4) is 5.75 Å². The fourth-order valence-electron chi connectivity index (χ4n) is 1.76. The smallest absolute Gasteiger partial charge is 0.263 e. The number of nitrogens with one attached hydrogen (secondary N) is 1. The number of hydrogen-bond donors (Lipinski definition) is 1. The molecule has 0 spiro atoms. The number of aryl methyl sites for hydroxylation is 1. The van der Waals surface area contributed by atoms with E-state index in [1.807, 2.05) is 6.92 Å². The van der Waals surface area contributed by atoms with Crippen molar-refractivity contribution in [2.24, 2.45) is 0 Å². The Balaban J connectivity index is 2.37. The van der Waals surface area contributed by atoms with Crippen molar-refractivity contribution in [2.75, 3.05) is 11.8 Å². The molecule has 4 nitrogen and oxygen atoms in total. The maximum atomic E-state index is 13.3. The highest BCUT2D eigenvalue weighted by Gasteiger charge is 2.18. The molecule has 0 fully saturated rings. The SMILES string of the molecule is COc1cc(NS(=O)(=O)c2ccc(C)cc2Br)ccc1F. The monoisotopic (exact) mass is 373 g/mol. The Hall–Kier alpha value is -1.60. The Labute approximate surface area is 131 Å². The average molecular weight is 374 g/mol. The van der Waals surface area contributed by atoms with Crippen LogP contribution < -0.4 is 9.46 Å². The molecular weight excluding hydrogens is 361 g/mol. The van der Waals surface area contributed by atoms with E-state index >= 15 is 0 Å². The highest BCUT2D eigenvalue weighted by molar-refractivity contribution is 9.10. The van der Waals surface area contributed by atoms with Crippen molar-refractivity contribution in [1.82, 2.24) is 0 Å². The van der Waals surface area contributed by atoms with Crippen LogP contribution in [0, 0.1) is 12.7 Å². The Morgan fingerprint density at radius 1 is 1.19 bits per heavy atom.